The largest absolute Gasteiger partial charge is 2.00 e. The molecule has 0 bridgehead atoms. The number of nitrogens with one attached hydrogen (secondary N) is 2. The molecule has 21 heavy (non-hydrogen) atoms. The number of hydrogen-bond acceptors (Lipinski definition) is 4. The summed E-state index contributed by atoms with van der Waals surface area (Å²) in [5, 5.41) is 32.4. The van der Waals surface area contributed by atoms with Crippen LogP contribution < -0.4 is 0 Å². The molecule has 0 aliphatic heterocycles. The van der Waals surface area contributed by atoms with Gasteiger partial charge in [0.05, 0.1) is 0 Å². The van der Waals surface area contributed by atoms with Gasteiger partial charge in [-0.15, -0.1) is 0 Å². The van der Waals surface area contributed by atoms with Crippen molar-refractivity contribution < 1.29 is 60.7 Å². The van der Waals surface area contributed by atoms with Gasteiger partial charge in [0.15, 0.2) is 0 Å². The van der Waals surface area contributed by atoms with Gasteiger partial charge in [0, 0.05) is 12.8 Å². The molecule has 124 valence electrons. The SMILES string of the molecule is [NH-]C(CCC(=O)O)C(=O)O.[NH-]C(CCC(=O)O)C(=O)O.[Pt+2]. The first kappa shape index (κ1) is 24.5. The van der Waals surface area contributed by atoms with E-state index in [0.29, 0.717) is 0 Å². The first-order chi connectivity index (χ1) is 9.07. The average molecular weight is 487 g/mol. The molecule has 0 saturated carbocycles. The zero-order valence-electron chi connectivity index (χ0n) is 10.7. The third-order valence-electron chi connectivity index (χ3n) is 1.89. The fraction of sp³-hybridized carbons (Fsp3) is 0.600. The molecule has 0 rings (SSSR count). The van der Waals surface area contributed by atoms with E-state index >= 15 is 0 Å². The number of rotatable bonds is 8. The van der Waals surface area contributed by atoms with Crippen LogP contribution >= 0.6 is 0 Å². The first-order valence-corrected chi connectivity index (χ1v) is 5.39. The molecule has 2 atom stereocenters. The fourth-order valence-electron chi connectivity index (χ4n) is 0.783. The van der Waals surface area contributed by atoms with Crippen LogP contribution in [0.3, 0.4) is 0 Å². The number of aliphatic carboxylic acids is 4. The quantitative estimate of drug-likeness (QED) is 0.384. The molecule has 11 heteroatoms. The molecule has 2 unspecified atom stereocenters. The second kappa shape index (κ2) is 13.5. The summed E-state index contributed by atoms with van der Waals surface area (Å²) in [6, 6.07) is -2.62. The van der Waals surface area contributed by atoms with Crippen LogP contribution in [0, 0.1) is 0 Å². The van der Waals surface area contributed by atoms with Gasteiger partial charge in [-0.05, 0) is 24.9 Å². The predicted molar refractivity (Wildman–Crippen MR) is 65.2 cm³/mol. The zero-order valence-corrected chi connectivity index (χ0v) is 13.0. The van der Waals surface area contributed by atoms with Gasteiger partial charge < -0.3 is 31.9 Å². The van der Waals surface area contributed by atoms with Crippen LogP contribution in [0.4, 0.5) is 0 Å². The molecule has 0 aliphatic rings. The van der Waals surface area contributed by atoms with Crippen molar-refractivity contribution in [2.75, 3.05) is 0 Å². The Morgan fingerprint density at radius 2 is 0.952 bits per heavy atom. The van der Waals surface area contributed by atoms with Crippen molar-refractivity contribution in [1.29, 1.82) is 0 Å². The van der Waals surface area contributed by atoms with E-state index in [1.165, 1.54) is 0 Å². The second-order valence-corrected chi connectivity index (χ2v) is 3.65. The normalized spacial score (nSPS) is 11.9. The van der Waals surface area contributed by atoms with Crippen LogP contribution in [-0.2, 0) is 40.2 Å². The Kier molecular flexibility index (Phi) is 15.7. The monoisotopic (exact) mass is 487 g/mol. The Morgan fingerprint density at radius 3 is 1.10 bits per heavy atom. The van der Waals surface area contributed by atoms with Crippen molar-refractivity contribution in [3.05, 3.63) is 11.5 Å². The van der Waals surface area contributed by atoms with E-state index in [2.05, 4.69) is 0 Å². The van der Waals surface area contributed by atoms with E-state index in [4.69, 9.17) is 31.9 Å². The van der Waals surface area contributed by atoms with Gasteiger partial charge >= 0.3 is 33.0 Å². The molecule has 0 aromatic rings. The van der Waals surface area contributed by atoms with Crippen LogP contribution in [0.25, 0.3) is 11.5 Å². The molecular formula is C10H16N2O8Pt. The third kappa shape index (κ3) is 18.5. The summed E-state index contributed by atoms with van der Waals surface area (Å²) < 4.78 is 0. The van der Waals surface area contributed by atoms with E-state index in [1.807, 2.05) is 0 Å². The summed E-state index contributed by atoms with van der Waals surface area (Å²) >= 11 is 0. The second-order valence-electron chi connectivity index (χ2n) is 3.65. The van der Waals surface area contributed by atoms with Crippen molar-refractivity contribution in [1.82, 2.24) is 0 Å². The van der Waals surface area contributed by atoms with Gasteiger partial charge in [0.25, 0.3) is 11.9 Å². The molecule has 0 heterocycles. The minimum atomic E-state index is -1.31. The van der Waals surface area contributed by atoms with E-state index < -0.39 is 36.0 Å². The van der Waals surface area contributed by atoms with Crippen molar-refractivity contribution in [2.45, 2.75) is 37.8 Å². The summed E-state index contributed by atoms with van der Waals surface area (Å²) in [5.74, 6) is -4.69. The number of carboxylic acid groups (broad SMARTS) is 4. The van der Waals surface area contributed by atoms with Crippen molar-refractivity contribution in [3.63, 3.8) is 0 Å². The summed E-state index contributed by atoms with van der Waals surface area (Å²) in [4.78, 5) is 39.6. The third-order valence-corrected chi connectivity index (χ3v) is 1.89. The first-order valence-electron chi connectivity index (χ1n) is 5.39. The molecule has 0 amide bonds. The van der Waals surface area contributed by atoms with Gasteiger partial charge in [-0.1, -0.05) is 0 Å². The number of carboxylic acids is 4. The molecular weight excluding hydrogens is 471 g/mol. The van der Waals surface area contributed by atoms with Gasteiger partial charge in [0.1, 0.15) is 0 Å². The minimum absolute atomic E-state index is 0. The minimum Gasteiger partial charge on any atom is -0.665 e. The molecule has 0 fully saturated rings. The number of hydrogen-bond donors (Lipinski definition) is 4. The van der Waals surface area contributed by atoms with Gasteiger partial charge in [0.2, 0.25) is 0 Å². The van der Waals surface area contributed by atoms with Crippen LogP contribution in [0.5, 0.6) is 0 Å². The fourth-order valence-corrected chi connectivity index (χ4v) is 0.783. The Balaban J connectivity index is -0.000000295. The Hall–Kier alpha value is -1.51. The summed E-state index contributed by atoms with van der Waals surface area (Å²) in [6.07, 6.45) is -0.795. The van der Waals surface area contributed by atoms with Crippen LogP contribution in [0.15, 0.2) is 0 Å². The molecule has 0 radical (unpaired) electrons. The predicted octanol–water partition coefficient (Wildman–Crippen LogP) is 0.711. The smallest absolute Gasteiger partial charge is 0.665 e. The van der Waals surface area contributed by atoms with Crippen molar-refractivity contribution in [3.8, 4) is 0 Å². The Bertz CT molecular complexity index is 329. The average Bonchev–Trinajstić information content (AvgIpc) is 2.33. The Labute approximate surface area is 134 Å². The summed E-state index contributed by atoms with van der Waals surface area (Å²) in [6.45, 7) is 0. The molecule has 0 aliphatic carbocycles. The molecule has 10 nitrogen and oxygen atoms in total. The summed E-state index contributed by atoms with van der Waals surface area (Å²) in [5.41, 5.74) is 13.5. The zero-order chi connectivity index (χ0) is 16.3. The van der Waals surface area contributed by atoms with Crippen LogP contribution in [0.2, 0.25) is 0 Å². The van der Waals surface area contributed by atoms with Crippen LogP contribution in [-0.4, -0.2) is 56.4 Å². The maximum Gasteiger partial charge on any atom is 2.00 e. The van der Waals surface area contributed by atoms with Crippen LogP contribution in [0.1, 0.15) is 25.7 Å². The molecule has 0 saturated heterocycles. The van der Waals surface area contributed by atoms with E-state index in [0.717, 1.165) is 0 Å². The molecule has 0 aromatic heterocycles. The van der Waals surface area contributed by atoms with Gasteiger partial charge in [-0.2, -0.15) is 0 Å². The standard InChI is InChI=1S/2C5H8NO4.Pt/c2*6-3(5(9)10)1-2-4(7)8;/h2*3,6H,1-2H2,(H,7,8)(H,9,10);/q2*-1;+2. The maximum atomic E-state index is 9.93. The Morgan fingerprint density at radius 1 is 0.714 bits per heavy atom. The topological polar surface area (TPSA) is 197 Å². The van der Waals surface area contributed by atoms with E-state index in [-0.39, 0.29) is 46.7 Å². The molecule has 0 aromatic carbocycles. The van der Waals surface area contributed by atoms with E-state index in [9.17, 15) is 19.2 Å². The van der Waals surface area contributed by atoms with Crippen molar-refractivity contribution in [2.24, 2.45) is 0 Å². The number of carbonyl (C=O) groups is 4. The molecule has 6 N–H and O–H groups in total. The van der Waals surface area contributed by atoms with Gasteiger partial charge in [-0.25, -0.2) is 0 Å². The maximum absolute atomic E-state index is 9.93. The van der Waals surface area contributed by atoms with Gasteiger partial charge in [-0.3, -0.25) is 19.2 Å². The van der Waals surface area contributed by atoms with Crippen molar-refractivity contribution >= 4 is 23.9 Å². The van der Waals surface area contributed by atoms with E-state index in [1.54, 1.807) is 0 Å². The molecule has 0 spiro atoms. The summed E-state index contributed by atoms with van der Waals surface area (Å²) in [7, 11) is 0.